The van der Waals surface area contributed by atoms with E-state index in [4.69, 9.17) is 0 Å². The number of hydrogen-bond donors (Lipinski definition) is 0. The fourth-order valence-corrected chi connectivity index (χ4v) is 4.92. The maximum Gasteiger partial charge on any atom is 0.275 e. The molecular weight excluding hydrogens is 279 g/mol. The Morgan fingerprint density at radius 1 is 1.23 bits per heavy atom. The predicted octanol–water partition coefficient (Wildman–Crippen LogP) is 3.49. The van der Waals surface area contributed by atoms with Crippen molar-refractivity contribution in [2.45, 2.75) is 44.9 Å². The van der Waals surface area contributed by atoms with Gasteiger partial charge in [0.15, 0.2) is 0 Å². The van der Waals surface area contributed by atoms with Crippen molar-refractivity contribution in [2.24, 2.45) is 12.5 Å². The number of aromatic nitrogens is 2. The number of hydrogen-bond acceptors (Lipinski definition) is 1. The number of halogens is 1. The minimum Gasteiger partial charge on any atom is -0.284 e. The van der Waals surface area contributed by atoms with Gasteiger partial charge in [-0.25, -0.2) is 9.07 Å². The quantitative estimate of drug-likeness (QED) is 0.792. The Balaban J connectivity index is 2.05. The molecule has 1 saturated carbocycles. The molecule has 116 valence electrons. The summed E-state index contributed by atoms with van der Waals surface area (Å²) >= 11 is 0. The summed E-state index contributed by atoms with van der Waals surface area (Å²) in [6.45, 7) is 6.78. The summed E-state index contributed by atoms with van der Waals surface area (Å²) in [5, 5.41) is 0. The number of benzene rings is 1. The Morgan fingerprint density at radius 2 is 1.91 bits per heavy atom. The molecule has 0 aliphatic heterocycles. The van der Waals surface area contributed by atoms with Crippen LogP contribution in [0.25, 0.3) is 5.69 Å². The summed E-state index contributed by atoms with van der Waals surface area (Å²) in [5.41, 5.74) is 2.36. The number of para-hydroxylation sites is 1. The smallest absolute Gasteiger partial charge is 0.275 e. The molecule has 4 heteroatoms. The lowest BCUT2D eigenvalue weighted by molar-refractivity contribution is 0.217. The van der Waals surface area contributed by atoms with Crippen LogP contribution in [-0.4, -0.2) is 9.36 Å². The Kier molecular flexibility index (Phi) is 2.46. The van der Waals surface area contributed by atoms with Gasteiger partial charge in [-0.3, -0.25) is 9.48 Å². The molecule has 0 amide bonds. The zero-order valence-corrected chi connectivity index (χ0v) is 13.5. The molecule has 1 aromatic carbocycles. The van der Waals surface area contributed by atoms with Crippen molar-refractivity contribution in [3.63, 3.8) is 0 Å². The first kappa shape index (κ1) is 13.8. The maximum absolute atomic E-state index is 14.2. The van der Waals surface area contributed by atoms with Crippen molar-refractivity contribution in [1.82, 2.24) is 9.36 Å². The molecule has 2 atom stereocenters. The molecule has 2 bridgehead atoms. The van der Waals surface area contributed by atoms with Gasteiger partial charge in [-0.05, 0) is 36.3 Å². The average molecular weight is 300 g/mol. The third-order valence-electron chi connectivity index (χ3n) is 6.48. The fraction of sp³-hybridized carbons (Fsp3) is 0.500. The molecule has 0 spiro atoms. The van der Waals surface area contributed by atoms with Crippen LogP contribution in [0.15, 0.2) is 29.1 Å². The molecule has 4 rings (SSSR count). The van der Waals surface area contributed by atoms with Gasteiger partial charge in [0.05, 0.1) is 5.69 Å². The summed E-state index contributed by atoms with van der Waals surface area (Å²) in [4.78, 5) is 13.0. The van der Waals surface area contributed by atoms with Crippen LogP contribution >= 0.6 is 0 Å². The Hall–Kier alpha value is -1.84. The highest BCUT2D eigenvalue weighted by Crippen LogP contribution is 2.66. The van der Waals surface area contributed by atoms with Gasteiger partial charge in [-0.15, -0.1) is 0 Å². The van der Waals surface area contributed by atoms with Crippen LogP contribution in [0, 0.1) is 11.2 Å². The largest absolute Gasteiger partial charge is 0.284 e. The van der Waals surface area contributed by atoms with Gasteiger partial charge in [-0.1, -0.05) is 32.9 Å². The molecule has 1 aromatic heterocycles. The predicted molar refractivity (Wildman–Crippen MR) is 84.1 cm³/mol. The van der Waals surface area contributed by atoms with E-state index < -0.39 is 0 Å². The van der Waals surface area contributed by atoms with Crippen molar-refractivity contribution >= 4 is 0 Å². The fourth-order valence-electron chi connectivity index (χ4n) is 4.92. The van der Waals surface area contributed by atoms with Crippen LogP contribution < -0.4 is 5.56 Å². The minimum absolute atomic E-state index is 0.0165. The van der Waals surface area contributed by atoms with E-state index in [0.717, 1.165) is 24.1 Å². The Bertz CT molecular complexity index is 845. The zero-order chi connectivity index (χ0) is 15.9. The Morgan fingerprint density at radius 3 is 2.55 bits per heavy atom. The van der Waals surface area contributed by atoms with Crippen LogP contribution in [-0.2, 0) is 12.5 Å². The van der Waals surface area contributed by atoms with E-state index >= 15 is 0 Å². The highest BCUT2D eigenvalue weighted by molar-refractivity contribution is 5.47. The summed E-state index contributed by atoms with van der Waals surface area (Å²) in [5.74, 6) is -0.0835. The lowest BCUT2D eigenvalue weighted by atomic mass is 9.70. The van der Waals surface area contributed by atoms with E-state index in [1.54, 1.807) is 18.2 Å². The molecule has 1 heterocycles. The molecule has 0 N–H and O–H groups in total. The van der Waals surface area contributed by atoms with Crippen molar-refractivity contribution in [3.8, 4) is 5.69 Å². The summed E-state index contributed by atoms with van der Waals surface area (Å²) < 4.78 is 17.6. The van der Waals surface area contributed by atoms with Crippen molar-refractivity contribution in [2.75, 3.05) is 0 Å². The monoisotopic (exact) mass is 300 g/mol. The van der Waals surface area contributed by atoms with E-state index in [0.29, 0.717) is 5.69 Å². The van der Waals surface area contributed by atoms with E-state index in [-0.39, 0.29) is 28.1 Å². The first-order chi connectivity index (χ1) is 10.3. The van der Waals surface area contributed by atoms with Gasteiger partial charge >= 0.3 is 0 Å². The molecule has 0 saturated heterocycles. The molecule has 2 aliphatic rings. The second kappa shape index (κ2) is 3.92. The van der Waals surface area contributed by atoms with Crippen LogP contribution in [0.3, 0.4) is 0 Å². The highest BCUT2D eigenvalue weighted by Gasteiger charge is 2.62. The first-order valence-corrected chi connectivity index (χ1v) is 7.88. The number of fused-ring (bicyclic) bond motifs is 5. The summed E-state index contributed by atoms with van der Waals surface area (Å²) in [6.07, 6.45) is 2.14. The van der Waals surface area contributed by atoms with E-state index in [9.17, 15) is 9.18 Å². The van der Waals surface area contributed by atoms with Crippen molar-refractivity contribution < 1.29 is 4.39 Å². The highest BCUT2D eigenvalue weighted by atomic mass is 19.1. The van der Waals surface area contributed by atoms with Crippen molar-refractivity contribution in [1.29, 1.82) is 0 Å². The van der Waals surface area contributed by atoms with Crippen LogP contribution in [0.5, 0.6) is 0 Å². The second-order valence-corrected chi connectivity index (χ2v) is 7.50. The molecule has 0 unspecified atom stereocenters. The van der Waals surface area contributed by atoms with Gasteiger partial charge < -0.3 is 0 Å². The minimum atomic E-state index is -0.361. The van der Waals surface area contributed by atoms with Gasteiger partial charge in [0, 0.05) is 18.0 Å². The third-order valence-corrected chi connectivity index (χ3v) is 6.48. The third kappa shape index (κ3) is 1.30. The normalized spacial score (nSPS) is 28.1. The summed E-state index contributed by atoms with van der Waals surface area (Å²) in [7, 11) is 1.88. The van der Waals surface area contributed by atoms with Gasteiger partial charge in [-0.2, -0.15) is 0 Å². The zero-order valence-electron chi connectivity index (χ0n) is 13.5. The topological polar surface area (TPSA) is 26.9 Å². The standard InChI is InChI=1S/C18H21FN2O/c1-17(2)11-9-10-18(17,3)15-14(11)16(22)21(20(15)4)13-8-6-5-7-12(13)19/h5-8,11H,9-10H2,1-4H3/t11-,18+/m1/s1. The summed E-state index contributed by atoms with van der Waals surface area (Å²) in [6, 6.07) is 6.49. The molecule has 0 radical (unpaired) electrons. The molecule has 2 aromatic rings. The van der Waals surface area contributed by atoms with Gasteiger partial charge in [0.1, 0.15) is 11.5 Å². The lowest BCUT2D eigenvalue weighted by Crippen LogP contribution is -2.35. The van der Waals surface area contributed by atoms with Gasteiger partial charge in [0.25, 0.3) is 5.56 Å². The maximum atomic E-state index is 14.2. The van der Waals surface area contributed by atoms with E-state index in [1.165, 1.54) is 10.7 Å². The van der Waals surface area contributed by atoms with Crippen LogP contribution in [0.1, 0.15) is 50.8 Å². The Labute approximate surface area is 129 Å². The van der Waals surface area contributed by atoms with Crippen molar-refractivity contribution in [3.05, 3.63) is 51.7 Å². The van der Waals surface area contributed by atoms with Crippen LogP contribution in [0.4, 0.5) is 4.39 Å². The SMILES string of the molecule is Cn1c2c(c(=O)n1-c1ccccc1F)[C@H]1CC[C@]2(C)C1(C)C. The van der Waals surface area contributed by atoms with E-state index in [1.807, 2.05) is 11.7 Å². The van der Waals surface area contributed by atoms with Crippen LogP contribution in [0.2, 0.25) is 0 Å². The van der Waals surface area contributed by atoms with E-state index in [2.05, 4.69) is 20.8 Å². The number of nitrogens with zero attached hydrogens (tertiary/aromatic N) is 2. The molecule has 1 fully saturated rings. The second-order valence-electron chi connectivity index (χ2n) is 7.50. The number of rotatable bonds is 1. The van der Waals surface area contributed by atoms with Gasteiger partial charge in [0.2, 0.25) is 0 Å². The molecule has 2 aliphatic carbocycles. The lowest BCUT2D eigenvalue weighted by Gasteiger charge is -2.36. The molecule has 22 heavy (non-hydrogen) atoms. The first-order valence-electron chi connectivity index (χ1n) is 7.88. The molecular formula is C18H21FN2O. The average Bonchev–Trinajstić information content (AvgIpc) is 2.92. The molecule has 3 nitrogen and oxygen atoms in total.